The number of thiazole rings is 1. The van der Waals surface area contributed by atoms with Gasteiger partial charge in [0.1, 0.15) is 4.88 Å². The van der Waals surface area contributed by atoms with Crippen molar-refractivity contribution in [1.29, 1.82) is 0 Å². The Morgan fingerprint density at radius 3 is 2.39 bits per heavy atom. The van der Waals surface area contributed by atoms with Crippen molar-refractivity contribution < 1.29 is 19.1 Å². The second-order valence-electron chi connectivity index (χ2n) is 7.54. The van der Waals surface area contributed by atoms with Crippen LogP contribution in [-0.4, -0.2) is 58.7 Å². The minimum Gasteiger partial charge on any atom is -0.378 e. The summed E-state index contributed by atoms with van der Waals surface area (Å²) < 4.78 is 6.96. The third-order valence-electron chi connectivity index (χ3n) is 5.29. The number of rotatable bonds is 5. The van der Waals surface area contributed by atoms with Crippen molar-refractivity contribution in [2.75, 3.05) is 31.2 Å². The summed E-state index contributed by atoms with van der Waals surface area (Å²) in [4.78, 5) is 44.8. The number of ether oxygens (including phenoxy) is 1. The quantitative estimate of drug-likeness (QED) is 0.333. The molecule has 1 saturated heterocycles. The van der Waals surface area contributed by atoms with Gasteiger partial charge in [0, 0.05) is 13.1 Å². The molecular weight excluding hydrogens is 444 g/mol. The van der Waals surface area contributed by atoms with Crippen molar-refractivity contribution in [3.8, 4) is 5.69 Å². The molecule has 2 amide bonds. The first-order chi connectivity index (χ1) is 15.9. The number of morpholine rings is 1. The van der Waals surface area contributed by atoms with Crippen molar-refractivity contribution >= 4 is 34.1 Å². The first-order valence-electron chi connectivity index (χ1n) is 10.4. The molecule has 33 heavy (non-hydrogen) atoms. The summed E-state index contributed by atoms with van der Waals surface area (Å²) in [5, 5.41) is 5.12. The Morgan fingerprint density at radius 1 is 1.00 bits per heavy atom. The average Bonchev–Trinajstić information content (AvgIpc) is 3.37. The monoisotopic (exact) mass is 468 g/mol. The number of hydrazine groups is 1. The maximum atomic E-state index is 12.8. The molecule has 0 spiro atoms. The predicted octanol–water partition coefficient (Wildman–Crippen LogP) is 1.73. The van der Waals surface area contributed by atoms with E-state index in [0.29, 0.717) is 48.3 Å². The molecule has 11 heteroatoms. The summed E-state index contributed by atoms with van der Waals surface area (Å²) in [6, 6.07) is 9.32. The SMILES string of the molecule is Cc1nc(N2CCOCC2)sc1C(=O)NNC(=O)C(=O)c1c(C)nn(-c2ccccc2)c1C. The van der Waals surface area contributed by atoms with Crippen LogP contribution in [0.5, 0.6) is 0 Å². The summed E-state index contributed by atoms with van der Waals surface area (Å²) in [5.41, 5.74) is 7.05. The van der Waals surface area contributed by atoms with Gasteiger partial charge in [0.2, 0.25) is 0 Å². The Hall–Kier alpha value is -3.57. The van der Waals surface area contributed by atoms with Crippen LogP contribution in [-0.2, 0) is 9.53 Å². The van der Waals surface area contributed by atoms with Crippen molar-refractivity contribution in [1.82, 2.24) is 25.6 Å². The lowest BCUT2D eigenvalue weighted by molar-refractivity contribution is -0.117. The number of aromatic nitrogens is 3. The van der Waals surface area contributed by atoms with Gasteiger partial charge < -0.3 is 9.64 Å². The summed E-state index contributed by atoms with van der Waals surface area (Å²) in [5.74, 6) is -2.25. The summed E-state index contributed by atoms with van der Waals surface area (Å²) >= 11 is 1.23. The van der Waals surface area contributed by atoms with Gasteiger partial charge in [0.15, 0.2) is 5.13 Å². The third kappa shape index (κ3) is 4.64. The van der Waals surface area contributed by atoms with E-state index in [0.717, 1.165) is 10.8 Å². The third-order valence-corrected chi connectivity index (χ3v) is 6.51. The first kappa shape index (κ1) is 22.6. The average molecular weight is 469 g/mol. The number of benzene rings is 1. The number of carbonyl (C=O) groups is 3. The number of hydrogen-bond donors (Lipinski definition) is 2. The van der Waals surface area contributed by atoms with E-state index in [-0.39, 0.29) is 5.56 Å². The van der Waals surface area contributed by atoms with Gasteiger partial charge in [-0.05, 0) is 32.9 Å². The van der Waals surface area contributed by atoms with Crippen LogP contribution in [0.1, 0.15) is 37.1 Å². The van der Waals surface area contributed by atoms with E-state index < -0.39 is 17.6 Å². The molecule has 10 nitrogen and oxygen atoms in total. The number of anilines is 1. The van der Waals surface area contributed by atoms with Gasteiger partial charge in [-0.2, -0.15) is 5.10 Å². The molecule has 2 N–H and O–H groups in total. The fourth-order valence-corrected chi connectivity index (χ4v) is 4.63. The van der Waals surface area contributed by atoms with Gasteiger partial charge >= 0.3 is 5.91 Å². The molecule has 172 valence electrons. The number of carbonyl (C=O) groups excluding carboxylic acids is 3. The van der Waals surface area contributed by atoms with Crippen LogP contribution in [0.2, 0.25) is 0 Å². The molecule has 3 heterocycles. The second kappa shape index (κ2) is 9.51. The molecular formula is C22H24N6O4S. The largest absolute Gasteiger partial charge is 0.378 e. The fourth-order valence-electron chi connectivity index (χ4n) is 3.62. The smallest absolute Gasteiger partial charge is 0.310 e. The van der Waals surface area contributed by atoms with Gasteiger partial charge in [-0.15, -0.1) is 0 Å². The maximum absolute atomic E-state index is 12.8. The molecule has 1 aromatic carbocycles. The number of hydrogen-bond acceptors (Lipinski definition) is 8. The Kier molecular flexibility index (Phi) is 6.52. The molecule has 1 aliphatic heterocycles. The Labute approximate surface area is 194 Å². The standard InChI is InChI=1S/C22H24N6O4S/c1-13-17(15(3)28(26-13)16-7-5-4-6-8-16)18(29)20(30)24-25-21(31)19-14(2)23-22(33-19)27-9-11-32-12-10-27/h4-8H,9-12H2,1-3H3,(H,24,30)(H,25,31). The highest BCUT2D eigenvalue weighted by Gasteiger charge is 2.26. The minimum atomic E-state index is -0.947. The van der Waals surface area contributed by atoms with Crippen molar-refractivity contribution in [3.63, 3.8) is 0 Å². The summed E-state index contributed by atoms with van der Waals surface area (Å²) in [6.45, 7) is 7.74. The Balaban J connectivity index is 1.43. The Bertz CT molecular complexity index is 1200. The molecule has 0 aliphatic carbocycles. The van der Waals surface area contributed by atoms with Crippen LogP contribution in [0.4, 0.5) is 5.13 Å². The van der Waals surface area contributed by atoms with Gasteiger partial charge in [0.25, 0.3) is 11.7 Å². The van der Waals surface area contributed by atoms with Crippen LogP contribution in [0.25, 0.3) is 5.69 Å². The zero-order valence-electron chi connectivity index (χ0n) is 18.5. The van der Waals surface area contributed by atoms with Gasteiger partial charge in [-0.1, -0.05) is 29.5 Å². The molecule has 1 aliphatic rings. The van der Waals surface area contributed by atoms with E-state index in [1.54, 1.807) is 25.5 Å². The number of nitrogens with zero attached hydrogens (tertiary/aromatic N) is 4. The number of ketones is 1. The molecule has 3 aromatic rings. The highest BCUT2D eigenvalue weighted by molar-refractivity contribution is 7.17. The van der Waals surface area contributed by atoms with Gasteiger partial charge in [-0.25, -0.2) is 9.67 Å². The molecule has 0 atom stereocenters. The molecule has 0 saturated carbocycles. The van der Waals surface area contributed by atoms with Crippen LogP contribution in [0.15, 0.2) is 30.3 Å². The highest BCUT2D eigenvalue weighted by Crippen LogP contribution is 2.26. The van der Waals surface area contributed by atoms with Gasteiger partial charge in [0.05, 0.1) is 41.5 Å². The molecule has 0 unspecified atom stereocenters. The number of amides is 2. The maximum Gasteiger partial charge on any atom is 0.310 e. The predicted molar refractivity (Wildman–Crippen MR) is 123 cm³/mol. The summed E-state index contributed by atoms with van der Waals surface area (Å²) in [6.07, 6.45) is 0. The highest BCUT2D eigenvalue weighted by atomic mass is 32.1. The fraction of sp³-hybridized carbons (Fsp3) is 0.318. The minimum absolute atomic E-state index is 0.203. The number of para-hydroxylation sites is 1. The van der Waals surface area contributed by atoms with Crippen LogP contribution in [0.3, 0.4) is 0 Å². The molecule has 0 radical (unpaired) electrons. The number of Topliss-reactive ketones (excluding diaryl/α,β-unsaturated/α-hetero) is 1. The van der Waals surface area contributed by atoms with E-state index >= 15 is 0 Å². The van der Waals surface area contributed by atoms with E-state index in [2.05, 4.69) is 25.8 Å². The molecule has 2 aromatic heterocycles. The van der Waals surface area contributed by atoms with Crippen LogP contribution in [0, 0.1) is 20.8 Å². The zero-order valence-corrected chi connectivity index (χ0v) is 19.4. The van der Waals surface area contributed by atoms with E-state index in [4.69, 9.17) is 4.74 Å². The normalized spacial score (nSPS) is 13.6. The zero-order chi connectivity index (χ0) is 23.5. The summed E-state index contributed by atoms with van der Waals surface area (Å²) in [7, 11) is 0. The topological polar surface area (TPSA) is 118 Å². The number of nitrogens with one attached hydrogen (secondary N) is 2. The van der Waals surface area contributed by atoms with Crippen molar-refractivity contribution in [2.45, 2.75) is 20.8 Å². The van der Waals surface area contributed by atoms with E-state index in [1.807, 2.05) is 30.3 Å². The van der Waals surface area contributed by atoms with Crippen LogP contribution < -0.4 is 15.8 Å². The lowest BCUT2D eigenvalue weighted by Gasteiger charge is -2.25. The lowest BCUT2D eigenvalue weighted by atomic mass is 10.1. The van der Waals surface area contributed by atoms with E-state index in [1.165, 1.54) is 11.3 Å². The first-order valence-corrected chi connectivity index (χ1v) is 11.2. The van der Waals surface area contributed by atoms with E-state index in [9.17, 15) is 14.4 Å². The van der Waals surface area contributed by atoms with Crippen molar-refractivity contribution in [3.05, 3.63) is 57.9 Å². The lowest BCUT2D eigenvalue weighted by Crippen LogP contribution is -2.45. The van der Waals surface area contributed by atoms with Crippen LogP contribution >= 0.6 is 11.3 Å². The molecule has 4 rings (SSSR count). The number of aryl methyl sites for hydroxylation is 2. The molecule has 1 fully saturated rings. The van der Waals surface area contributed by atoms with Crippen molar-refractivity contribution in [2.24, 2.45) is 0 Å². The second-order valence-corrected chi connectivity index (χ2v) is 8.52. The molecule has 0 bridgehead atoms. The Morgan fingerprint density at radius 2 is 1.70 bits per heavy atom. The van der Waals surface area contributed by atoms with Gasteiger partial charge in [-0.3, -0.25) is 25.2 Å².